The highest BCUT2D eigenvalue weighted by molar-refractivity contribution is 7.14. The first-order chi connectivity index (χ1) is 8.74. The fourth-order valence-corrected chi connectivity index (χ4v) is 2.54. The Balaban J connectivity index is 2.06. The molecule has 18 heavy (non-hydrogen) atoms. The number of pyridine rings is 1. The first-order valence-electron chi connectivity index (χ1n) is 5.24. The molecule has 0 atom stereocenters. The summed E-state index contributed by atoms with van der Waals surface area (Å²) in [6, 6.07) is 5.61. The van der Waals surface area contributed by atoms with Gasteiger partial charge in [-0.25, -0.2) is 4.68 Å². The minimum absolute atomic E-state index is 0.626. The standard InChI is InChI=1S/C12H9ClN4S/c13-11-5-8(7-18-11)12-10(14)6-17(16-12)9-1-3-15-4-2-9/h1-7H,14H2. The van der Waals surface area contributed by atoms with Crippen LogP contribution in [0.3, 0.4) is 0 Å². The first-order valence-corrected chi connectivity index (χ1v) is 6.50. The molecule has 0 fully saturated rings. The van der Waals surface area contributed by atoms with E-state index in [0.29, 0.717) is 5.69 Å². The summed E-state index contributed by atoms with van der Waals surface area (Å²) in [5.41, 5.74) is 9.21. The van der Waals surface area contributed by atoms with Crippen LogP contribution in [0.5, 0.6) is 0 Å². The van der Waals surface area contributed by atoms with Gasteiger partial charge in [-0.1, -0.05) is 11.6 Å². The van der Waals surface area contributed by atoms with Gasteiger partial charge in [0.25, 0.3) is 0 Å². The van der Waals surface area contributed by atoms with Crippen LogP contribution < -0.4 is 5.73 Å². The molecule has 0 aliphatic carbocycles. The molecular weight excluding hydrogens is 268 g/mol. The fraction of sp³-hybridized carbons (Fsp3) is 0. The van der Waals surface area contributed by atoms with E-state index in [2.05, 4.69) is 10.1 Å². The van der Waals surface area contributed by atoms with Gasteiger partial charge < -0.3 is 5.73 Å². The topological polar surface area (TPSA) is 56.7 Å². The summed E-state index contributed by atoms with van der Waals surface area (Å²) in [5, 5.41) is 6.42. The van der Waals surface area contributed by atoms with Gasteiger partial charge in [-0.2, -0.15) is 5.10 Å². The van der Waals surface area contributed by atoms with Crippen LogP contribution in [0.1, 0.15) is 0 Å². The summed E-state index contributed by atoms with van der Waals surface area (Å²) in [7, 11) is 0. The third kappa shape index (κ3) is 1.98. The maximum absolute atomic E-state index is 5.98. The summed E-state index contributed by atoms with van der Waals surface area (Å²) in [5.74, 6) is 0. The van der Waals surface area contributed by atoms with Gasteiger partial charge in [0, 0.05) is 23.3 Å². The van der Waals surface area contributed by atoms with Crippen LogP contribution in [0.15, 0.2) is 42.2 Å². The zero-order valence-electron chi connectivity index (χ0n) is 9.25. The lowest BCUT2D eigenvalue weighted by Gasteiger charge is -1.98. The largest absolute Gasteiger partial charge is 0.396 e. The van der Waals surface area contributed by atoms with Crippen molar-refractivity contribution in [2.75, 3.05) is 5.73 Å². The molecule has 0 aromatic carbocycles. The van der Waals surface area contributed by atoms with Crippen molar-refractivity contribution in [3.05, 3.63) is 46.5 Å². The highest BCUT2D eigenvalue weighted by Crippen LogP contribution is 2.31. The number of rotatable bonds is 2. The molecule has 3 heterocycles. The lowest BCUT2D eigenvalue weighted by atomic mass is 10.2. The van der Waals surface area contributed by atoms with Crippen molar-refractivity contribution in [3.63, 3.8) is 0 Å². The van der Waals surface area contributed by atoms with Crippen molar-refractivity contribution in [1.82, 2.24) is 14.8 Å². The first kappa shape index (κ1) is 11.3. The molecule has 0 saturated heterocycles. The zero-order valence-corrected chi connectivity index (χ0v) is 10.8. The number of nitrogen functional groups attached to an aromatic ring is 1. The Morgan fingerprint density at radius 3 is 2.72 bits per heavy atom. The lowest BCUT2D eigenvalue weighted by molar-refractivity contribution is 0.882. The van der Waals surface area contributed by atoms with Crippen LogP contribution in [0, 0.1) is 0 Å². The molecule has 90 valence electrons. The van der Waals surface area contributed by atoms with Crippen molar-refractivity contribution < 1.29 is 0 Å². The van der Waals surface area contributed by atoms with E-state index in [1.54, 1.807) is 23.3 Å². The van der Waals surface area contributed by atoms with Crippen LogP contribution in [0.4, 0.5) is 5.69 Å². The van der Waals surface area contributed by atoms with Crippen molar-refractivity contribution in [3.8, 4) is 16.9 Å². The summed E-state index contributed by atoms with van der Waals surface area (Å²) in [6.45, 7) is 0. The minimum Gasteiger partial charge on any atom is -0.396 e. The van der Waals surface area contributed by atoms with Crippen LogP contribution in [0.25, 0.3) is 16.9 Å². The average Bonchev–Trinajstić information content (AvgIpc) is 2.97. The molecule has 0 saturated carbocycles. The molecule has 0 aliphatic rings. The van der Waals surface area contributed by atoms with E-state index in [0.717, 1.165) is 21.3 Å². The van der Waals surface area contributed by atoms with Crippen molar-refractivity contribution in [2.24, 2.45) is 0 Å². The Kier molecular flexibility index (Phi) is 2.77. The summed E-state index contributed by atoms with van der Waals surface area (Å²) in [6.07, 6.45) is 5.22. The Labute approximate surface area is 113 Å². The minimum atomic E-state index is 0.626. The summed E-state index contributed by atoms with van der Waals surface area (Å²) in [4.78, 5) is 3.97. The van der Waals surface area contributed by atoms with Crippen LogP contribution >= 0.6 is 22.9 Å². The zero-order chi connectivity index (χ0) is 12.5. The molecule has 2 N–H and O–H groups in total. The number of hydrogen-bond donors (Lipinski definition) is 1. The second-order valence-corrected chi connectivity index (χ2v) is 5.27. The molecule has 0 radical (unpaired) electrons. The Hall–Kier alpha value is -1.85. The molecule has 0 unspecified atom stereocenters. The van der Waals surface area contributed by atoms with E-state index >= 15 is 0 Å². The predicted molar refractivity (Wildman–Crippen MR) is 74.1 cm³/mol. The van der Waals surface area contributed by atoms with Gasteiger partial charge >= 0.3 is 0 Å². The van der Waals surface area contributed by atoms with Crippen LogP contribution in [-0.2, 0) is 0 Å². The summed E-state index contributed by atoms with van der Waals surface area (Å²) >= 11 is 7.38. The van der Waals surface area contributed by atoms with Gasteiger partial charge in [-0.05, 0) is 18.2 Å². The lowest BCUT2D eigenvalue weighted by Crippen LogP contribution is -1.94. The van der Waals surface area contributed by atoms with Crippen molar-refractivity contribution in [1.29, 1.82) is 0 Å². The number of hydrogen-bond acceptors (Lipinski definition) is 4. The van der Waals surface area contributed by atoms with E-state index in [1.807, 2.05) is 23.6 Å². The van der Waals surface area contributed by atoms with Gasteiger partial charge in [0.15, 0.2) is 0 Å². The molecule has 0 aliphatic heterocycles. The monoisotopic (exact) mass is 276 g/mol. The SMILES string of the molecule is Nc1cn(-c2ccncc2)nc1-c1csc(Cl)c1. The fourth-order valence-electron chi connectivity index (χ4n) is 1.67. The van der Waals surface area contributed by atoms with Gasteiger partial charge in [0.1, 0.15) is 5.69 Å². The molecule has 3 aromatic heterocycles. The van der Waals surface area contributed by atoms with Crippen molar-refractivity contribution >= 4 is 28.6 Å². The molecular formula is C12H9ClN4S. The molecule has 4 nitrogen and oxygen atoms in total. The molecule has 6 heteroatoms. The van der Waals surface area contributed by atoms with Gasteiger partial charge in [0.2, 0.25) is 0 Å². The Morgan fingerprint density at radius 2 is 2.06 bits per heavy atom. The van der Waals surface area contributed by atoms with Crippen LogP contribution in [-0.4, -0.2) is 14.8 Å². The number of halogens is 1. The predicted octanol–water partition coefficient (Wildman–Crippen LogP) is 3.23. The molecule has 3 aromatic rings. The third-order valence-corrected chi connectivity index (χ3v) is 3.60. The maximum Gasteiger partial charge on any atom is 0.117 e. The Bertz CT molecular complexity index is 674. The number of anilines is 1. The van der Waals surface area contributed by atoms with E-state index in [9.17, 15) is 0 Å². The number of nitrogens with zero attached hydrogens (tertiary/aromatic N) is 3. The molecule has 0 amide bonds. The summed E-state index contributed by atoms with van der Waals surface area (Å²) < 4.78 is 2.46. The quantitative estimate of drug-likeness (QED) is 0.782. The molecule has 0 bridgehead atoms. The average molecular weight is 277 g/mol. The highest BCUT2D eigenvalue weighted by Gasteiger charge is 2.11. The highest BCUT2D eigenvalue weighted by atomic mass is 35.5. The number of nitrogens with two attached hydrogens (primary N) is 1. The van der Waals surface area contributed by atoms with Gasteiger partial charge in [0.05, 0.1) is 21.9 Å². The van der Waals surface area contributed by atoms with Gasteiger partial charge in [-0.15, -0.1) is 11.3 Å². The van der Waals surface area contributed by atoms with Crippen molar-refractivity contribution in [2.45, 2.75) is 0 Å². The van der Waals surface area contributed by atoms with E-state index in [-0.39, 0.29) is 0 Å². The molecule has 0 spiro atoms. The maximum atomic E-state index is 5.98. The second-order valence-electron chi connectivity index (χ2n) is 3.72. The molecule has 3 rings (SSSR count). The van der Waals surface area contributed by atoms with E-state index in [4.69, 9.17) is 17.3 Å². The van der Waals surface area contributed by atoms with Crippen LogP contribution in [0.2, 0.25) is 4.34 Å². The number of aromatic nitrogens is 3. The van der Waals surface area contributed by atoms with E-state index in [1.165, 1.54) is 11.3 Å². The van der Waals surface area contributed by atoms with Gasteiger partial charge in [-0.3, -0.25) is 4.98 Å². The second kappa shape index (κ2) is 4.44. The normalized spacial score (nSPS) is 10.7. The number of thiophene rings is 1. The van der Waals surface area contributed by atoms with E-state index < -0.39 is 0 Å². The Morgan fingerprint density at radius 1 is 1.28 bits per heavy atom. The smallest absolute Gasteiger partial charge is 0.117 e. The third-order valence-electron chi connectivity index (χ3n) is 2.51.